The summed E-state index contributed by atoms with van der Waals surface area (Å²) in [4.78, 5) is 4.01. The van der Waals surface area contributed by atoms with Gasteiger partial charge >= 0.3 is 0 Å². The first-order valence-electron chi connectivity index (χ1n) is 3.34. The molecule has 0 fully saturated rings. The van der Waals surface area contributed by atoms with Gasteiger partial charge in [-0.1, -0.05) is 11.6 Å². The van der Waals surface area contributed by atoms with Gasteiger partial charge in [0.05, 0.1) is 5.56 Å². The third kappa shape index (κ3) is 1.03. The zero-order valence-corrected chi connectivity index (χ0v) is 6.78. The molecular formula is C8H4ClN3. The highest BCUT2D eigenvalue weighted by atomic mass is 35.5. The number of nitrogens with zero attached hydrogens (tertiary/aromatic N) is 3. The van der Waals surface area contributed by atoms with Gasteiger partial charge < -0.3 is 4.40 Å². The van der Waals surface area contributed by atoms with Crippen LogP contribution in [0.15, 0.2) is 24.5 Å². The Morgan fingerprint density at radius 3 is 3.00 bits per heavy atom. The molecule has 2 heterocycles. The van der Waals surface area contributed by atoms with Crippen LogP contribution in [0.3, 0.4) is 0 Å². The van der Waals surface area contributed by atoms with E-state index in [-0.39, 0.29) is 0 Å². The number of aromatic nitrogens is 2. The summed E-state index contributed by atoms with van der Waals surface area (Å²) in [5.74, 6) is 0. The normalized spacial score (nSPS) is 10.0. The first-order chi connectivity index (χ1) is 5.79. The lowest BCUT2D eigenvalue weighted by Crippen LogP contribution is -1.83. The van der Waals surface area contributed by atoms with Gasteiger partial charge in [0.1, 0.15) is 16.9 Å². The molecule has 0 aliphatic carbocycles. The molecule has 12 heavy (non-hydrogen) atoms. The maximum absolute atomic E-state index is 8.59. The van der Waals surface area contributed by atoms with Crippen molar-refractivity contribution in [2.45, 2.75) is 0 Å². The van der Waals surface area contributed by atoms with E-state index in [0.717, 1.165) is 5.65 Å². The summed E-state index contributed by atoms with van der Waals surface area (Å²) in [6.07, 6.45) is 3.35. The minimum atomic E-state index is 0.435. The fourth-order valence-electron chi connectivity index (χ4n) is 1.03. The number of pyridine rings is 1. The summed E-state index contributed by atoms with van der Waals surface area (Å²) in [5, 5.41) is 9.02. The maximum Gasteiger partial charge on any atom is 0.148 e. The minimum Gasteiger partial charge on any atom is -0.304 e. The molecular weight excluding hydrogens is 174 g/mol. The molecule has 0 aliphatic heterocycles. The van der Waals surface area contributed by atoms with Gasteiger partial charge in [0.25, 0.3) is 0 Å². The van der Waals surface area contributed by atoms with Crippen molar-refractivity contribution in [2.75, 3.05) is 0 Å². The van der Waals surface area contributed by atoms with Crippen molar-refractivity contribution >= 4 is 17.2 Å². The lowest BCUT2D eigenvalue weighted by molar-refractivity contribution is 1.17. The minimum absolute atomic E-state index is 0.435. The smallest absolute Gasteiger partial charge is 0.148 e. The molecule has 0 aromatic carbocycles. The largest absolute Gasteiger partial charge is 0.304 e. The van der Waals surface area contributed by atoms with E-state index in [2.05, 4.69) is 4.98 Å². The van der Waals surface area contributed by atoms with Gasteiger partial charge in [0.2, 0.25) is 0 Å². The van der Waals surface area contributed by atoms with E-state index in [9.17, 15) is 0 Å². The van der Waals surface area contributed by atoms with E-state index in [1.54, 1.807) is 28.9 Å². The summed E-state index contributed by atoms with van der Waals surface area (Å²) in [6.45, 7) is 0. The number of fused-ring (bicyclic) bond motifs is 1. The van der Waals surface area contributed by atoms with Crippen molar-refractivity contribution < 1.29 is 0 Å². The van der Waals surface area contributed by atoms with Crippen LogP contribution in [0.5, 0.6) is 0 Å². The summed E-state index contributed by atoms with van der Waals surface area (Å²) in [7, 11) is 0. The summed E-state index contributed by atoms with van der Waals surface area (Å²) in [6, 6.07) is 5.50. The van der Waals surface area contributed by atoms with Gasteiger partial charge in [-0.3, -0.25) is 0 Å². The second-order valence-corrected chi connectivity index (χ2v) is 2.75. The van der Waals surface area contributed by atoms with Crippen LogP contribution in [0.2, 0.25) is 5.15 Å². The van der Waals surface area contributed by atoms with Crippen LogP contribution in [-0.2, 0) is 0 Å². The first kappa shape index (κ1) is 7.14. The van der Waals surface area contributed by atoms with E-state index in [0.29, 0.717) is 10.7 Å². The van der Waals surface area contributed by atoms with Gasteiger partial charge in [-0.15, -0.1) is 0 Å². The third-order valence-electron chi connectivity index (χ3n) is 1.55. The van der Waals surface area contributed by atoms with Crippen molar-refractivity contribution in [2.24, 2.45) is 0 Å². The Labute approximate surface area is 73.8 Å². The van der Waals surface area contributed by atoms with Crippen LogP contribution in [0.25, 0.3) is 5.65 Å². The van der Waals surface area contributed by atoms with Crippen LogP contribution in [0, 0.1) is 11.3 Å². The van der Waals surface area contributed by atoms with Crippen LogP contribution in [0.1, 0.15) is 5.56 Å². The van der Waals surface area contributed by atoms with Gasteiger partial charge in [-0.05, 0) is 12.1 Å². The van der Waals surface area contributed by atoms with E-state index >= 15 is 0 Å². The Morgan fingerprint density at radius 1 is 1.42 bits per heavy atom. The van der Waals surface area contributed by atoms with Crippen molar-refractivity contribution in [3.8, 4) is 6.07 Å². The molecule has 0 spiro atoms. The molecule has 0 bridgehead atoms. The maximum atomic E-state index is 8.59. The Kier molecular flexibility index (Phi) is 1.49. The van der Waals surface area contributed by atoms with Crippen LogP contribution < -0.4 is 0 Å². The SMILES string of the molecule is N#Cc1ccc2nc(Cl)cn2c1. The van der Waals surface area contributed by atoms with E-state index < -0.39 is 0 Å². The van der Waals surface area contributed by atoms with E-state index in [1.807, 2.05) is 6.07 Å². The molecule has 0 saturated heterocycles. The molecule has 58 valence electrons. The van der Waals surface area contributed by atoms with E-state index in [1.165, 1.54) is 0 Å². The quantitative estimate of drug-likeness (QED) is 0.616. The fraction of sp³-hybridized carbons (Fsp3) is 0. The second-order valence-electron chi connectivity index (χ2n) is 2.36. The predicted octanol–water partition coefficient (Wildman–Crippen LogP) is 1.86. The zero-order chi connectivity index (χ0) is 8.55. The standard InChI is InChI=1S/C8H4ClN3/c9-7-5-12-4-6(3-10)1-2-8(12)11-7/h1-2,4-5H. The third-order valence-corrected chi connectivity index (χ3v) is 1.73. The number of nitriles is 1. The van der Waals surface area contributed by atoms with Crippen LogP contribution in [-0.4, -0.2) is 9.38 Å². The number of hydrogen-bond acceptors (Lipinski definition) is 2. The van der Waals surface area contributed by atoms with E-state index in [4.69, 9.17) is 16.9 Å². The molecule has 0 aliphatic rings. The molecule has 2 aromatic rings. The number of rotatable bonds is 0. The lowest BCUT2D eigenvalue weighted by atomic mass is 10.3. The van der Waals surface area contributed by atoms with Gasteiger partial charge in [-0.25, -0.2) is 4.98 Å². The predicted molar refractivity (Wildman–Crippen MR) is 44.9 cm³/mol. The topological polar surface area (TPSA) is 41.1 Å². The second kappa shape index (κ2) is 2.50. The monoisotopic (exact) mass is 177 g/mol. The lowest BCUT2D eigenvalue weighted by Gasteiger charge is -1.91. The number of imidazole rings is 1. The molecule has 0 unspecified atom stereocenters. The number of hydrogen-bond donors (Lipinski definition) is 0. The van der Waals surface area contributed by atoms with Crippen molar-refractivity contribution in [3.63, 3.8) is 0 Å². The summed E-state index contributed by atoms with van der Waals surface area (Å²) >= 11 is 5.66. The fourth-order valence-corrected chi connectivity index (χ4v) is 1.22. The molecule has 0 saturated carbocycles. The van der Waals surface area contributed by atoms with Gasteiger partial charge in [-0.2, -0.15) is 5.26 Å². The molecule has 2 rings (SSSR count). The molecule has 0 N–H and O–H groups in total. The summed E-state index contributed by atoms with van der Waals surface area (Å²) in [5.41, 5.74) is 1.34. The molecule has 4 heteroatoms. The number of halogens is 1. The Balaban J connectivity index is 2.77. The Morgan fingerprint density at radius 2 is 2.25 bits per heavy atom. The average Bonchev–Trinajstić information content (AvgIpc) is 2.43. The molecule has 0 radical (unpaired) electrons. The van der Waals surface area contributed by atoms with Crippen molar-refractivity contribution in [1.29, 1.82) is 5.26 Å². The van der Waals surface area contributed by atoms with Crippen molar-refractivity contribution in [3.05, 3.63) is 35.2 Å². The van der Waals surface area contributed by atoms with Crippen LogP contribution in [0.4, 0.5) is 0 Å². The molecule has 0 atom stereocenters. The zero-order valence-electron chi connectivity index (χ0n) is 6.03. The molecule has 0 amide bonds. The highest BCUT2D eigenvalue weighted by Gasteiger charge is 1.98. The molecule has 2 aromatic heterocycles. The van der Waals surface area contributed by atoms with Crippen LogP contribution >= 0.6 is 11.6 Å². The summed E-state index contributed by atoms with van der Waals surface area (Å²) < 4.78 is 1.72. The highest BCUT2D eigenvalue weighted by Crippen LogP contribution is 2.10. The highest BCUT2D eigenvalue weighted by molar-refractivity contribution is 6.29. The van der Waals surface area contributed by atoms with Gasteiger partial charge in [0.15, 0.2) is 0 Å². The Hall–Kier alpha value is -1.53. The van der Waals surface area contributed by atoms with Crippen molar-refractivity contribution in [1.82, 2.24) is 9.38 Å². The Bertz CT molecular complexity index is 467. The average molecular weight is 178 g/mol. The first-order valence-corrected chi connectivity index (χ1v) is 3.72. The van der Waals surface area contributed by atoms with Gasteiger partial charge in [0, 0.05) is 12.4 Å². The molecule has 3 nitrogen and oxygen atoms in total.